The number of ether oxygens (including phenoxy) is 3. The Morgan fingerprint density at radius 3 is 2.94 bits per heavy atom. The minimum absolute atomic E-state index is 0.255. The first-order valence-electron chi connectivity index (χ1n) is 5.40. The summed E-state index contributed by atoms with van der Waals surface area (Å²) in [7, 11) is 3.69. The van der Waals surface area contributed by atoms with E-state index in [2.05, 4.69) is 0 Å². The second-order valence-electron chi connectivity index (χ2n) is 4.49. The molecule has 0 aliphatic carbocycles. The maximum Gasteiger partial charge on any atom is 0.325 e. The van der Waals surface area contributed by atoms with Crippen molar-refractivity contribution in [3.05, 3.63) is 0 Å². The Morgan fingerprint density at radius 2 is 2.35 bits per heavy atom. The smallest absolute Gasteiger partial charge is 0.325 e. The Labute approximate surface area is 102 Å². The molecule has 6 nitrogen and oxygen atoms in total. The first kappa shape index (κ1) is 13.5. The molecule has 2 radical (unpaired) electrons. The summed E-state index contributed by atoms with van der Waals surface area (Å²) in [6, 6.07) is -0.663. The fourth-order valence-corrected chi connectivity index (χ4v) is 3.16. The lowest BCUT2D eigenvalue weighted by Gasteiger charge is -2.38. The zero-order valence-electron chi connectivity index (χ0n) is 9.87. The summed E-state index contributed by atoms with van der Waals surface area (Å²) in [6.45, 7) is 1.86. The van der Waals surface area contributed by atoms with Gasteiger partial charge in [-0.25, -0.2) is 0 Å². The number of methoxy groups -OCH3 is 1. The van der Waals surface area contributed by atoms with E-state index in [1.165, 1.54) is 7.11 Å². The molecule has 8 heteroatoms. The van der Waals surface area contributed by atoms with Crippen molar-refractivity contribution in [1.82, 2.24) is 0 Å². The minimum atomic E-state index is -3.63. The van der Waals surface area contributed by atoms with Gasteiger partial charge in [0.15, 0.2) is 0 Å². The summed E-state index contributed by atoms with van der Waals surface area (Å²) < 4.78 is 32.8. The van der Waals surface area contributed by atoms with Crippen LogP contribution in [-0.4, -0.2) is 63.5 Å². The SMILES string of the molecule is [B][C@@H]1O[C@@]2(COC)CCO[C@H]1C2OP(C)(=O)O. The molecule has 0 aromatic heterocycles. The molecule has 2 heterocycles. The molecule has 2 rings (SSSR count). The molecule has 2 saturated heterocycles. The van der Waals surface area contributed by atoms with Gasteiger partial charge >= 0.3 is 7.60 Å². The van der Waals surface area contributed by atoms with Crippen LogP contribution in [0.25, 0.3) is 0 Å². The summed E-state index contributed by atoms with van der Waals surface area (Å²) in [6.07, 6.45) is -0.679. The summed E-state index contributed by atoms with van der Waals surface area (Å²) >= 11 is 0. The van der Waals surface area contributed by atoms with E-state index >= 15 is 0 Å². The Bertz CT molecular complexity index is 329. The quantitative estimate of drug-likeness (QED) is 0.562. The van der Waals surface area contributed by atoms with Crippen LogP contribution in [0.15, 0.2) is 0 Å². The predicted octanol–water partition coefficient (Wildman–Crippen LogP) is -0.114. The molecule has 0 saturated carbocycles. The van der Waals surface area contributed by atoms with Crippen molar-refractivity contribution in [2.45, 2.75) is 30.2 Å². The molecule has 2 fully saturated rings. The van der Waals surface area contributed by atoms with E-state index in [1.54, 1.807) is 0 Å². The Hall–Kier alpha value is 0.0949. The van der Waals surface area contributed by atoms with Crippen LogP contribution in [0, 0.1) is 0 Å². The van der Waals surface area contributed by atoms with Gasteiger partial charge in [-0.05, 0) is 0 Å². The van der Waals surface area contributed by atoms with Gasteiger partial charge in [0.05, 0.1) is 13.2 Å². The third kappa shape index (κ3) is 2.60. The van der Waals surface area contributed by atoms with E-state index in [4.69, 9.17) is 26.6 Å². The second kappa shape index (κ2) is 4.65. The third-order valence-corrected chi connectivity index (χ3v) is 3.66. The fourth-order valence-electron chi connectivity index (χ4n) is 2.43. The molecule has 0 aromatic carbocycles. The normalized spacial score (nSPS) is 44.5. The lowest BCUT2D eigenvalue weighted by atomic mass is 9.86. The monoisotopic (exact) mass is 262 g/mol. The van der Waals surface area contributed by atoms with Crippen molar-refractivity contribution >= 4 is 15.4 Å². The molecule has 2 aliphatic heterocycles. The molecular weight excluding hydrogens is 246 g/mol. The first-order valence-corrected chi connectivity index (χ1v) is 7.43. The van der Waals surface area contributed by atoms with Crippen molar-refractivity contribution in [2.24, 2.45) is 0 Å². The van der Waals surface area contributed by atoms with Crippen LogP contribution in [0.3, 0.4) is 0 Å². The minimum Gasteiger partial charge on any atom is -0.382 e. The van der Waals surface area contributed by atoms with Crippen molar-refractivity contribution < 1.29 is 28.2 Å². The van der Waals surface area contributed by atoms with Crippen LogP contribution in [0.4, 0.5) is 0 Å². The van der Waals surface area contributed by atoms with Crippen molar-refractivity contribution in [1.29, 1.82) is 0 Å². The van der Waals surface area contributed by atoms with E-state index < -0.39 is 31.4 Å². The summed E-state index contributed by atoms with van der Waals surface area (Å²) in [5.41, 5.74) is -0.786. The van der Waals surface area contributed by atoms with Crippen LogP contribution in [0.2, 0.25) is 0 Å². The Kier molecular flexibility index (Phi) is 3.70. The van der Waals surface area contributed by atoms with Crippen molar-refractivity contribution in [3.8, 4) is 0 Å². The van der Waals surface area contributed by atoms with E-state index in [0.29, 0.717) is 13.0 Å². The van der Waals surface area contributed by atoms with E-state index in [1.807, 2.05) is 0 Å². The largest absolute Gasteiger partial charge is 0.382 e. The van der Waals surface area contributed by atoms with Crippen molar-refractivity contribution in [3.63, 3.8) is 0 Å². The highest BCUT2D eigenvalue weighted by molar-refractivity contribution is 7.51. The first-order chi connectivity index (χ1) is 7.88. The number of rotatable bonds is 4. The molecule has 2 bridgehead atoms. The van der Waals surface area contributed by atoms with Crippen LogP contribution in [-0.2, 0) is 23.3 Å². The van der Waals surface area contributed by atoms with Crippen LogP contribution < -0.4 is 0 Å². The highest BCUT2D eigenvalue weighted by Crippen LogP contribution is 2.49. The van der Waals surface area contributed by atoms with Gasteiger partial charge in [-0.15, -0.1) is 0 Å². The molecule has 96 valence electrons. The number of fused-ring (bicyclic) bond motifs is 2. The van der Waals surface area contributed by atoms with Gasteiger partial charge in [-0.1, -0.05) is 0 Å². The van der Waals surface area contributed by atoms with Crippen LogP contribution >= 0.6 is 7.60 Å². The summed E-state index contributed by atoms with van der Waals surface area (Å²) in [5.74, 6) is 0. The molecule has 2 unspecified atom stereocenters. The zero-order valence-corrected chi connectivity index (χ0v) is 10.8. The Balaban J connectivity index is 2.24. The van der Waals surface area contributed by atoms with Crippen LogP contribution in [0.5, 0.6) is 0 Å². The molecule has 0 aromatic rings. The summed E-state index contributed by atoms with van der Waals surface area (Å²) in [5, 5.41) is 0. The van der Waals surface area contributed by atoms with Gasteiger partial charge in [0.1, 0.15) is 25.7 Å². The second-order valence-corrected chi connectivity index (χ2v) is 6.31. The highest BCUT2D eigenvalue weighted by atomic mass is 31.2. The molecular formula is C9H16BO6P. The molecule has 0 amide bonds. The fraction of sp³-hybridized carbons (Fsp3) is 1.00. The highest BCUT2D eigenvalue weighted by Gasteiger charge is 2.58. The van der Waals surface area contributed by atoms with Gasteiger partial charge in [0, 0.05) is 26.2 Å². The number of hydrogen-bond donors (Lipinski definition) is 1. The topological polar surface area (TPSA) is 74.2 Å². The zero-order chi connectivity index (χ0) is 12.7. The van der Waals surface area contributed by atoms with E-state index in [0.717, 1.165) is 6.66 Å². The lowest BCUT2D eigenvalue weighted by molar-refractivity contribution is -0.136. The van der Waals surface area contributed by atoms with Gasteiger partial charge in [-0.3, -0.25) is 9.09 Å². The molecule has 17 heavy (non-hydrogen) atoms. The van der Waals surface area contributed by atoms with Crippen molar-refractivity contribution in [2.75, 3.05) is 27.0 Å². The standard InChI is InChI=1S/C9H16BO6P/c1-13-5-9-3-4-14-6(8(10)15-9)7(9)16-17(2,11)12/h6-8H,3-5H2,1-2H3,(H,11,12)/t6-,7?,8+,9+/m0/s1. The Morgan fingerprint density at radius 1 is 1.65 bits per heavy atom. The maximum atomic E-state index is 11.4. The predicted molar refractivity (Wildman–Crippen MR) is 60.2 cm³/mol. The lowest BCUT2D eigenvalue weighted by Crippen LogP contribution is -2.52. The van der Waals surface area contributed by atoms with Gasteiger partial charge in [0.25, 0.3) is 0 Å². The molecule has 1 N–H and O–H groups in total. The number of hydrogen-bond acceptors (Lipinski definition) is 5. The average Bonchev–Trinajstić information content (AvgIpc) is 2.35. The molecule has 2 aliphatic rings. The third-order valence-electron chi connectivity index (χ3n) is 3.04. The van der Waals surface area contributed by atoms with E-state index in [9.17, 15) is 9.46 Å². The van der Waals surface area contributed by atoms with E-state index in [-0.39, 0.29) is 6.61 Å². The maximum absolute atomic E-state index is 11.4. The molecule has 5 atom stereocenters. The summed E-state index contributed by atoms with van der Waals surface area (Å²) in [4.78, 5) is 9.34. The van der Waals surface area contributed by atoms with Gasteiger partial charge < -0.3 is 19.1 Å². The molecule has 0 spiro atoms. The van der Waals surface area contributed by atoms with Gasteiger partial charge in [-0.2, -0.15) is 0 Å². The van der Waals surface area contributed by atoms with Gasteiger partial charge in [0.2, 0.25) is 0 Å². The average molecular weight is 262 g/mol. The van der Waals surface area contributed by atoms with Crippen LogP contribution in [0.1, 0.15) is 6.42 Å².